The lowest BCUT2D eigenvalue weighted by atomic mass is 10.2. The summed E-state index contributed by atoms with van der Waals surface area (Å²) < 4.78 is 4.86. The van der Waals surface area contributed by atoms with Crippen molar-refractivity contribution in [3.05, 3.63) is 58.3 Å². The van der Waals surface area contributed by atoms with Gasteiger partial charge in [0.05, 0.1) is 0 Å². The summed E-state index contributed by atoms with van der Waals surface area (Å²) in [6.07, 6.45) is 2.97. The maximum Gasteiger partial charge on any atom is 0.331 e. The summed E-state index contributed by atoms with van der Waals surface area (Å²) >= 11 is 1.52. The predicted octanol–water partition coefficient (Wildman–Crippen LogP) is 3.25. The van der Waals surface area contributed by atoms with Gasteiger partial charge >= 0.3 is 5.97 Å². The molecule has 108 valence electrons. The molecule has 0 spiro atoms. The number of thiophene rings is 1. The third kappa shape index (κ3) is 5.24. The number of carbonyl (C=O) groups excluding carboxylic acids is 2. The Kier molecular flexibility index (Phi) is 5.29. The maximum absolute atomic E-state index is 11.6. The van der Waals surface area contributed by atoms with Crippen molar-refractivity contribution in [3.8, 4) is 0 Å². The molecule has 0 radical (unpaired) electrons. The summed E-state index contributed by atoms with van der Waals surface area (Å²) in [5.74, 6) is -0.904. The van der Waals surface area contributed by atoms with Crippen LogP contribution in [0.2, 0.25) is 0 Å². The van der Waals surface area contributed by atoms with Crippen molar-refractivity contribution < 1.29 is 14.3 Å². The Balaban J connectivity index is 1.75. The number of amides is 1. The molecule has 1 aromatic heterocycles. The van der Waals surface area contributed by atoms with Crippen LogP contribution in [-0.4, -0.2) is 18.5 Å². The average Bonchev–Trinajstić information content (AvgIpc) is 2.99. The first kappa shape index (κ1) is 15.0. The number of rotatable bonds is 5. The first-order valence-corrected chi connectivity index (χ1v) is 7.26. The fourth-order valence-corrected chi connectivity index (χ4v) is 2.17. The van der Waals surface area contributed by atoms with E-state index in [9.17, 15) is 9.59 Å². The summed E-state index contributed by atoms with van der Waals surface area (Å²) in [5.41, 5.74) is 1.79. The quantitative estimate of drug-likeness (QED) is 0.681. The summed E-state index contributed by atoms with van der Waals surface area (Å²) in [5, 5.41) is 4.57. The lowest BCUT2D eigenvalue weighted by Gasteiger charge is -2.05. The number of benzene rings is 1. The first-order chi connectivity index (χ1) is 10.1. The Morgan fingerprint density at radius 3 is 2.67 bits per heavy atom. The second-order valence-electron chi connectivity index (χ2n) is 4.37. The van der Waals surface area contributed by atoms with E-state index in [1.807, 2.05) is 36.6 Å². The van der Waals surface area contributed by atoms with Gasteiger partial charge in [-0.25, -0.2) is 4.79 Å². The normalized spacial score (nSPS) is 10.5. The van der Waals surface area contributed by atoms with E-state index in [1.54, 1.807) is 18.2 Å². The Bertz CT molecular complexity index is 630. The van der Waals surface area contributed by atoms with E-state index >= 15 is 0 Å². The number of aryl methyl sites for hydroxylation is 1. The van der Waals surface area contributed by atoms with Gasteiger partial charge in [-0.1, -0.05) is 23.8 Å². The number of anilines is 1. The van der Waals surface area contributed by atoms with Gasteiger partial charge in [-0.2, -0.15) is 0 Å². The molecule has 5 heteroatoms. The molecule has 2 rings (SSSR count). The molecule has 0 bridgehead atoms. The molecule has 1 amide bonds. The van der Waals surface area contributed by atoms with Gasteiger partial charge in [-0.3, -0.25) is 4.79 Å². The van der Waals surface area contributed by atoms with Crippen molar-refractivity contribution >= 4 is 35.0 Å². The summed E-state index contributed by atoms with van der Waals surface area (Å²) in [6, 6.07) is 11.2. The largest absolute Gasteiger partial charge is 0.452 e. The SMILES string of the molecule is Cc1ccc(NC(=O)COC(=O)/C=C/c2cccs2)cc1. The zero-order valence-electron chi connectivity index (χ0n) is 11.5. The zero-order chi connectivity index (χ0) is 15.1. The van der Waals surface area contributed by atoms with Crippen molar-refractivity contribution in [3.63, 3.8) is 0 Å². The molecular formula is C16H15NO3S. The van der Waals surface area contributed by atoms with Gasteiger partial charge in [0, 0.05) is 16.6 Å². The third-order valence-electron chi connectivity index (χ3n) is 2.61. The molecule has 0 saturated heterocycles. The van der Waals surface area contributed by atoms with Crippen LogP contribution in [-0.2, 0) is 14.3 Å². The minimum atomic E-state index is -0.539. The molecule has 21 heavy (non-hydrogen) atoms. The van der Waals surface area contributed by atoms with E-state index in [1.165, 1.54) is 17.4 Å². The highest BCUT2D eigenvalue weighted by Crippen LogP contribution is 2.10. The summed E-state index contributed by atoms with van der Waals surface area (Å²) in [6.45, 7) is 1.66. The molecule has 0 saturated carbocycles. The van der Waals surface area contributed by atoms with Crippen molar-refractivity contribution in [2.45, 2.75) is 6.92 Å². The van der Waals surface area contributed by atoms with Crippen LogP contribution in [0.1, 0.15) is 10.4 Å². The lowest BCUT2D eigenvalue weighted by Crippen LogP contribution is -2.20. The molecule has 0 fully saturated rings. The minimum Gasteiger partial charge on any atom is -0.452 e. The standard InChI is InChI=1S/C16H15NO3S/c1-12-4-6-13(7-5-12)17-15(18)11-20-16(19)9-8-14-3-2-10-21-14/h2-10H,11H2,1H3,(H,17,18)/b9-8+. The smallest absolute Gasteiger partial charge is 0.331 e. The van der Waals surface area contributed by atoms with Crippen LogP contribution in [0.3, 0.4) is 0 Å². The minimum absolute atomic E-state index is 0.304. The number of nitrogens with one attached hydrogen (secondary N) is 1. The molecule has 4 nitrogen and oxygen atoms in total. The van der Waals surface area contributed by atoms with Crippen LogP contribution >= 0.6 is 11.3 Å². The van der Waals surface area contributed by atoms with E-state index in [4.69, 9.17) is 4.74 Å². The molecule has 1 heterocycles. The van der Waals surface area contributed by atoms with Gasteiger partial charge < -0.3 is 10.1 Å². The highest BCUT2D eigenvalue weighted by Gasteiger charge is 2.05. The molecule has 1 aromatic carbocycles. The third-order valence-corrected chi connectivity index (χ3v) is 3.45. The van der Waals surface area contributed by atoms with Crippen LogP contribution in [0.5, 0.6) is 0 Å². The molecular weight excluding hydrogens is 286 g/mol. The predicted molar refractivity (Wildman–Crippen MR) is 84.1 cm³/mol. The highest BCUT2D eigenvalue weighted by atomic mass is 32.1. The van der Waals surface area contributed by atoms with Crippen molar-refractivity contribution in [1.82, 2.24) is 0 Å². The monoisotopic (exact) mass is 301 g/mol. The molecule has 1 N–H and O–H groups in total. The van der Waals surface area contributed by atoms with E-state index < -0.39 is 5.97 Å². The number of carbonyl (C=O) groups is 2. The first-order valence-electron chi connectivity index (χ1n) is 6.38. The van der Waals surface area contributed by atoms with Gasteiger partial charge in [0.2, 0.25) is 0 Å². The number of esters is 1. The lowest BCUT2D eigenvalue weighted by molar-refractivity contribution is -0.142. The Labute approximate surface area is 127 Å². The van der Waals surface area contributed by atoms with E-state index in [0.717, 1.165) is 10.4 Å². The Morgan fingerprint density at radius 2 is 2.00 bits per heavy atom. The summed E-state index contributed by atoms with van der Waals surface area (Å²) in [4.78, 5) is 24.0. The second kappa shape index (κ2) is 7.40. The van der Waals surface area contributed by atoms with Crippen LogP contribution in [0, 0.1) is 6.92 Å². The van der Waals surface area contributed by atoms with Gasteiger partial charge in [-0.05, 0) is 36.6 Å². The van der Waals surface area contributed by atoms with Gasteiger partial charge in [0.25, 0.3) is 5.91 Å². The maximum atomic E-state index is 11.6. The zero-order valence-corrected chi connectivity index (χ0v) is 12.4. The molecule has 0 aliphatic heterocycles. The average molecular weight is 301 g/mol. The van der Waals surface area contributed by atoms with Gasteiger partial charge in [-0.15, -0.1) is 11.3 Å². The van der Waals surface area contributed by atoms with Crippen LogP contribution < -0.4 is 5.32 Å². The fraction of sp³-hybridized carbons (Fsp3) is 0.125. The highest BCUT2D eigenvalue weighted by molar-refractivity contribution is 7.10. The number of hydrogen-bond acceptors (Lipinski definition) is 4. The Hall–Kier alpha value is -2.40. The van der Waals surface area contributed by atoms with Gasteiger partial charge in [0.15, 0.2) is 6.61 Å². The van der Waals surface area contributed by atoms with E-state index in [0.29, 0.717) is 5.69 Å². The number of ether oxygens (including phenoxy) is 1. The molecule has 0 aliphatic rings. The van der Waals surface area contributed by atoms with Crippen molar-refractivity contribution in [1.29, 1.82) is 0 Å². The fourth-order valence-electron chi connectivity index (χ4n) is 1.56. The van der Waals surface area contributed by atoms with E-state index in [-0.39, 0.29) is 12.5 Å². The molecule has 0 unspecified atom stereocenters. The van der Waals surface area contributed by atoms with Gasteiger partial charge in [0.1, 0.15) is 0 Å². The van der Waals surface area contributed by atoms with E-state index in [2.05, 4.69) is 5.32 Å². The Morgan fingerprint density at radius 1 is 1.24 bits per heavy atom. The summed E-state index contributed by atoms with van der Waals surface area (Å²) in [7, 11) is 0. The topological polar surface area (TPSA) is 55.4 Å². The molecule has 0 aliphatic carbocycles. The van der Waals surface area contributed by atoms with Crippen molar-refractivity contribution in [2.24, 2.45) is 0 Å². The van der Waals surface area contributed by atoms with Crippen molar-refractivity contribution in [2.75, 3.05) is 11.9 Å². The van der Waals surface area contributed by atoms with Crippen LogP contribution in [0.15, 0.2) is 47.9 Å². The molecule has 0 atom stereocenters. The second-order valence-corrected chi connectivity index (χ2v) is 5.35. The van der Waals surface area contributed by atoms with Crippen LogP contribution in [0.25, 0.3) is 6.08 Å². The number of hydrogen-bond donors (Lipinski definition) is 1. The van der Waals surface area contributed by atoms with Crippen LogP contribution in [0.4, 0.5) is 5.69 Å². The molecule has 2 aromatic rings.